The fraction of sp³-hybridized carbons (Fsp3) is 0.385. The predicted octanol–water partition coefficient (Wildman–Crippen LogP) is 0.572. The molecular weight excluding hydrogens is 246 g/mol. The fourth-order valence-electron chi connectivity index (χ4n) is 1.64. The Bertz CT molecular complexity index is 506. The number of amides is 1. The number of hydrazone groups is 1. The standard InChI is InChI=1S/C13H17N3O3/c1-16(2,3)8-13(17)15-14-7-10-4-5-11-12(6-10)19-9-18-11/h4-7H,8-9H2,1-3H3/p+1. The van der Waals surface area contributed by atoms with E-state index in [-0.39, 0.29) is 12.7 Å². The van der Waals surface area contributed by atoms with Gasteiger partial charge in [-0.1, -0.05) is 0 Å². The molecule has 0 radical (unpaired) electrons. The van der Waals surface area contributed by atoms with E-state index < -0.39 is 0 Å². The monoisotopic (exact) mass is 264 g/mol. The molecule has 1 heterocycles. The molecule has 6 heteroatoms. The molecule has 0 atom stereocenters. The summed E-state index contributed by atoms with van der Waals surface area (Å²) in [4.78, 5) is 11.6. The fourth-order valence-corrected chi connectivity index (χ4v) is 1.64. The average molecular weight is 264 g/mol. The van der Waals surface area contributed by atoms with Crippen molar-refractivity contribution in [3.8, 4) is 11.5 Å². The lowest BCUT2D eigenvalue weighted by Crippen LogP contribution is -2.43. The van der Waals surface area contributed by atoms with Crippen molar-refractivity contribution in [2.45, 2.75) is 0 Å². The Balaban J connectivity index is 1.91. The van der Waals surface area contributed by atoms with Gasteiger partial charge in [-0.25, -0.2) is 5.43 Å². The van der Waals surface area contributed by atoms with Crippen molar-refractivity contribution >= 4 is 12.1 Å². The minimum Gasteiger partial charge on any atom is -0.454 e. The minimum atomic E-state index is -0.121. The van der Waals surface area contributed by atoms with Gasteiger partial charge in [0.1, 0.15) is 0 Å². The van der Waals surface area contributed by atoms with Gasteiger partial charge in [-0.05, 0) is 23.8 Å². The maximum atomic E-state index is 11.6. The Labute approximate surface area is 112 Å². The van der Waals surface area contributed by atoms with E-state index in [9.17, 15) is 4.79 Å². The van der Waals surface area contributed by atoms with Crippen molar-refractivity contribution in [2.75, 3.05) is 34.5 Å². The molecule has 1 aromatic carbocycles. The Morgan fingerprint density at radius 2 is 2.11 bits per heavy atom. The van der Waals surface area contributed by atoms with E-state index in [1.165, 1.54) is 0 Å². The first kappa shape index (κ1) is 13.4. The van der Waals surface area contributed by atoms with Crippen LogP contribution in [-0.2, 0) is 4.79 Å². The first-order valence-corrected chi connectivity index (χ1v) is 5.96. The first-order valence-electron chi connectivity index (χ1n) is 5.96. The molecule has 6 nitrogen and oxygen atoms in total. The number of hydrogen-bond donors (Lipinski definition) is 1. The van der Waals surface area contributed by atoms with Gasteiger partial charge in [0.15, 0.2) is 18.0 Å². The molecule has 19 heavy (non-hydrogen) atoms. The van der Waals surface area contributed by atoms with E-state index >= 15 is 0 Å². The number of ether oxygens (including phenoxy) is 2. The molecule has 0 bridgehead atoms. The molecule has 0 aliphatic carbocycles. The molecule has 2 rings (SSSR count). The van der Waals surface area contributed by atoms with Gasteiger partial charge < -0.3 is 14.0 Å². The largest absolute Gasteiger partial charge is 0.454 e. The van der Waals surface area contributed by atoms with Gasteiger partial charge in [0.25, 0.3) is 5.91 Å². The van der Waals surface area contributed by atoms with E-state index in [1.807, 2.05) is 39.3 Å². The van der Waals surface area contributed by atoms with Crippen molar-refractivity contribution in [3.63, 3.8) is 0 Å². The number of fused-ring (bicyclic) bond motifs is 1. The maximum absolute atomic E-state index is 11.6. The molecule has 1 aliphatic heterocycles. The number of hydrogen-bond acceptors (Lipinski definition) is 4. The zero-order valence-electron chi connectivity index (χ0n) is 11.3. The molecule has 0 saturated heterocycles. The highest BCUT2D eigenvalue weighted by Crippen LogP contribution is 2.31. The van der Waals surface area contributed by atoms with Gasteiger partial charge in [0, 0.05) is 0 Å². The van der Waals surface area contributed by atoms with Crippen LogP contribution in [0, 0.1) is 0 Å². The van der Waals surface area contributed by atoms with Crippen LogP contribution in [0.25, 0.3) is 0 Å². The molecule has 102 valence electrons. The molecule has 0 unspecified atom stereocenters. The summed E-state index contributed by atoms with van der Waals surface area (Å²) in [7, 11) is 5.84. The molecule has 0 fully saturated rings. The normalized spacial score (nSPS) is 13.8. The first-order chi connectivity index (χ1) is 8.94. The van der Waals surface area contributed by atoms with Crippen molar-refractivity contribution in [2.24, 2.45) is 5.10 Å². The average Bonchev–Trinajstić information content (AvgIpc) is 2.73. The number of benzene rings is 1. The van der Waals surface area contributed by atoms with Gasteiger partial charge in [0.2, 0.25) is 6.79 Å². The predicted molar refractivity (Wildman–Crippen MR) is 71.2 cm³/mol. The number of carbonyl (C=O) groups is 1. The van der Waals surface area contributed by atoms with Crippen LogP contribution >= 0.6 is 0 Å². The summed E-state index contributed by atoms with van der Waals surface area (Å²) in [6, 6.07) is 5.48. The molecule has 0 saturated carbocycles. The zero-order chi connectivity index (χ0) is 13.9. The van der Waals surface area contributed by atoms with Crippen LogP contribution in [0.5, 0.6) is 11.5 Å². The third-order valence-corrected chi connectivity index (χ3v) is 2.42. The van der Waals surface area contributed by atoms with Crippen LogP contribution in [0.2, 0.25) is 0 Å². The number of rotatable bonds is 4. The van der Waals surface area contributed by atoms with E-state index in [1.54, 1.807) is 6.21 Å². The van der Waals surface area contributed by atoms with Crippen molar-refractivity contribution in [1.82, 2.24) is 5.43 Å². The molecule has 1 amide bonds. The number of quaternary nitrogens is 1. The molecule has 0 spiro atoms. The highest BCUT2D eigenvalue weighted by molar-refractivity contribution is 5.83. The molecule has 1 aliphatic rings. The summed E-state index contributed by atoms with van der Waals surface area (Å²) >= 11 is 0. The second-order valence-corrected chi connectivity index (χ2v) is 5.35. The number of carbonyl (C=O) groups excluding carboxylic acids is 1. The quantitative estimate of drug-likeness (QED) is 0.491. The highest BCUT2D eigenvalue weighted by atomic mass is 16.7. The van der Waals surface area contributed by atoms with E-state index in [0.717, 1.165) is 11.3 Å². The molecule has 1 N–H and O–H groups in total. The van der Waals surface area contributed by atoms with Gasteiger partial charge in [-0.3, -0.25) is 4.79 Å². The number of nitrogens with one attached hydrogen (secondary N) is 1. The van der Waals surface area contributed by atoms with E-state index in [0.29, 0.717) is 16.8 Å². The Morgan fingerprint density at radius 3 is 2.84 bits per heavy atom. The van der Waals surface area contributed by atoms with Crippen LogP contribution < -0.4 is 14.9 Å². The second-order valence-electron chi connectivity index (χ2n) is 5.35. The number of nitrogens with zero attached hydrogens (tertiary/aromatic N) is 2. The van der Waals surface area contributed by atoms with E-state index in [4.69, 9.17) is 9.47 Å². The van der Waals surface area contributed by atoms with Crippen LogP contribution in [0.4, 0.5) is 0 Å². The maximum Gasteiger partial charge on any atom is 0.295 e. The van der Waals surface area contributed by atoms with Crippen molar-refractivity contribution in [1.29, 1.82) is 0 Å². The summed E-state index contributed by atoms with van der Waals surface area (Å²) in [6.07, 6.45) is 1.58. The lowest BCUT2D eigenvalue weighted by atomic mass is 10.2. The van der Waals surface area contributed by atoms with Gasteiger partial charge >= 0.3 is 0 Å². The van der Waals surface area contributed by atoms with Crippen molar-refractivity contribution < 1.29 is 18.8 Å². The lowest BCUT2D eigenvalue weighted by Gasteiger charge is -2.21. The SMILES string of the molecule is C[N+](C)(C)CC(=O)NN=Cc1ccc2c(c1)OCO2. The Hall–Kier alpha value is -2.08. The van der Waals surface area contributed by atoms with Crippen LogP contribution in [-0.4, -0.2) is 51.1 Å². The lowest BCUT2D eigenvalue weighted by molar-refractivity contribution is -0.862. The van der Waals surface area contributed by atoms with Crippen molar-refractivity contribution in [3.05, 3.63) is 23.8 Å². The van der Waals surface area contributed by atoms with Crippen LogP contribution in [0.3, 0.4) is 0 Å². The topological polar surface area (TPSA) is 59.9 Å². The summed E-state index contributed by atoms with van der Waals surface area (Å²) < 4.78 is 11.0. The van der Waals surface area contributed by atoms with Gasteiger partial charge in [-0.2, -0.15) is 5.10 Å². The molecular formula is C13H18N3O3+. The zero-order valence-corrected chi connectivity index (χ0v) is 11.3. The molecule has 0 aromatic heterocycles. The minimum absolute atomic E-state index is 0.121. The van der Waals surface area contributed by atoms with Gasteiger partial charge in [-0.15, -0.1) is 0 Å². The van der Waals surface area contributed by atoms with Gasteiger partial charge in [0.05, 0.1) is 27.4 Å². The Morgan fingerprint density at radius 1 is 1.37 bits per heavy atom. The Kier molecular flexibility index (Phi) is 3.71. The third-order valence-electron chi connectivity index (χ3n) is 2.42. The third kappa shape index (κ3) is 3.96. The highest BCUT2D eigenvalue weighted by Gasteiger charge is 2.14. The summed E-state index contributed by atoms with van der Waals surface area (Å²) in [5.41, 5.74) is 3.34. The van der Waals surface area contributed by atoms with E-state index in [2.05, 4.69) is 10.5 Å². The second kappa shape index (κ2) is 5.27. The summed E-state index contributed by atoms with van der Waals surface area (Å²) in [6.45, 7) is 0.620. The number of likely N-dealkylation sites (N-methyl/N-ethyl adjacent to an activating group) is 1. The summed E-state index contributed by atoms with van der Waals surface area (Å²) in [5, 5.41) is 3.92. The molecule has 1 aromatic rings. The van der Waals surface area contributed by atoms with Crippen LogP contribution in [0.1, 0.15) is 5.56 Å². The summed E-state index contributed by atoms with van der Waals surface area (Å²) in [5.74, 6) is 1.30. The smallest absolute Gasteiger partial charge is 0.295 e. The van der Waals surface area contributed by atoms with Crippen LogP contribution in [0.15, 0.2) is 23.3 Å².